The van der Waals surface area contributed by atoms with Crippen molar-refractivity contribution in [1.29, 1.82) is 0 Å². The van der Waals surface area contributed by atoms with Gasteiger partial charge in [-0.05, 0) is 68.5 Å². The van der Waals surface area contributed by atoms with Crippen LogP contribution in [0.3, 0.4) is 0 Å². The highest BCUT2D eigenvalue weighted by atomic mass is 16.5. The Bertz CT molecular complexity index is 752. The summed E-state index contributed by atoms with van der Waals surface area (Å²) < 4.78 is 6.38. The number of ether oxygens (including phenoxy) is 1. The lowest BCUT2D eigenvalue weighted by atomic mass is 9.51. The summed E-state index contributed by atoms with van der Waals surface area (Å²) >= 11 is 0. The van der Waals surface area contributed by atoms with Crippen LogP contribution in [0, 0.1) is 18.8 Å². The molecule has 3 heteroatoms. The van der Waals surface area contributed by atoms with Gasteiger partial charge >= 0.3 is 0 Å². The summed E-state index contributed by atoms with van der Waals surface area (Å²) in [6, 6.07) is 5.15. The van der Waals surface area contributed by atoms with E-state index >= 15 is 0 Å². The standard InChI is InChI=1S/C21H25NO2/c1-12-2-5-14-10-16-15-6-7-17(23)20-21(15,18(14)19(12)24-20)8-9-22(16)11-13-3-4-13/h2,5,13,15-16,20H,3-4,6-11H2,1H3/t15-,16+,20-,21-/m0/s1. The Morgan fingerprint density at radius 3 is 3.00 bits per heavy atom. The first kappa shape index (κ1) is 13.9. The Labute approximate surface area is 143 Å². The number of hydrogen-bond acceptors (Lipinski definition) is 3. The monoisotopic (exact) mass is 323 g/mol. The maximum absolute atomic E-state index is 12.8. The highest BCUT2D eigenvalue weighted by Crippen LogP contribution is 2.62. The van der Waals surface area contributed by atoms with E-state index in [1.165, 1.54) is 36.1 Å². The van der Waals surface area contributed by atoms with Crippen molar-refractivity contribution >= 4 is 5.78 Å². The molecule has 1 aromatic carbocycles. The van der Waals surface area contributed by atoms with E-state index in [1.54, 1.807) is 0 Å². The maximum atomic E-state index is 12.8. The molecule has 2 aliphatic heterocycles. The van der Waals surface area contributed by atoms with Crippen molar-refractivity contribution in [2.45, 2.75) is 63.0 Å². The molecule has 1 spiro atoms. The van der Waals surface area contributed by atoms with Gasteiger partial charge in [-0.1, -0.05) is 12.1 Å². The third-order valence-corrected chi connectivity index (χ3v) is 7.63. The highest BCUT2D eigenvalue weighted by Gasteiger charge is 2.65. The second-order valence-corrected chi connectivity index (χ2v) is 8.86. The minimum Gasteiger partial charge on any atom is -0.481 e. The molecular weight excluding hydrogens is 298 g/mol. The van der Waals surface area contributed by atoms with E-state index in [1.807, 2.05) is 0 Å². The quantitative estimate of drug-likeness (QED) is 0.838. The molecule has 6 rings (SSSR count). The summed E-state index contributed by atoms with van der Waals surface area (Å²) in [5.41, 5.74) is 4.11. The van der Waals surface area contributed by atoms with E-state index < -0.39 is 0 Å². The van der Waals surface area contributed by atoms with Crippen LogP contribution in [0.5, 0.6) is 5.75 Å². The van der Waals surface area contributed by atoms with Gasteiger partial charge in [-0.25, -0.2) is 0 Å². The topological polar surface area (TPSA) is 29.5 Å². The van der Waals surface area contributed by atoms with E-state index in [0.717, 1.165) is 37.5 Å². The van der Waals surface area contributed by atoms with Gasteiger partial charge in [-0.3, -0.25) is 9.69 Å². The van der Waals surface area contributed by atoms with Crippen LogP contribution in [0.15, 0.2) is 12.1 Å². The van der Waals surface area contributed by atoms with Crippen molar-refractivity contribution in [3.63, 3.8) is 0 Å². The van der Waals surface area contributed by atoms with Crippen molar-refractivity contribution in [3.8, 4) is 5.75 Å². The molecule has 24 heavy (non-hydrogen) atoms. The molecule has 3 fully saturated rings. The van der Waals surface area contributed by atoms with Gasteiger partial charge in [0.15, 0.2) is 11.9 Å². The number of likely N-dealkylation sites (tertiary alicyclic amines) is 1. The summed E-state index contributed by atoms with van der Waals surface area (Å²) in [5.74, 6) is 2.97. The Balaban J connectivity index is 1.53. The summed E-state index contributed by atoms with van der Waals surface area (Å²) in [7, 11) is 0. The number of aryl methyl sites for hydroxylation is 1. The van der Waals surface area contributed by atoms with E-state index in [4.69, 9.17) is 4.74 Å². The van der Waals surface area contributed by atoms with Crippen molar-refractivity contribution in [3.05, 3.63) is 28.8 Å². The molecule has 2 bridgehead atoms. The van der Waals surface area contributed by atoms with Gasteiger partial charge in [0.05, 0.1) is 0 Å². The summed E-state index contributed by atoms with van der Waals surface area (Å²) in [6.07, 6.45) is 6.70. The summed E-state index contributed by atoms with van der Waals surface area (Å²) in [6.45, 7) is 4.57. The average molecular weight is 323 g/mol. The Morgan fingerprint density at radius 1 is 1.29 bits per heavy atom. The van der Waals surface area contributed by atoms with Crippen LogP contribution in [0.1, 0.15) is 48.8 Å². The fourth-order valence-electron chi connectivity index (χ4n) is 6.41. The van der Waals surface area contributed by atoms with Crippen LogP contribution in [0.4, 0.5) is 0 Å². The Hall–Kier alpha value is -1.35. The third kappa shape index (κ3) is 1.55. The van der Waals surface area contributed by atoms with Gasteiger partial charge in [-0.15, -0.1) is 0 Å². The molecule has 1 saturated heterocycles. The lowest BCUT2D eigenvalue weighted by molar-refractivity contribution is -0.138. The van der Waals surface area contributed by atoms with Crippen LogP contribution in [0.25, 0.3) is 0 Å². The van der Waals surface area contributed by atoms with E-state index in [0.29, 0.717) is 24.2 Å². The number of rotatable bonds is 2. The van der Waals surface area contributed by atoms with Gasteiger partial charge in [0.2, 0.25) is 0 Å². The number of benzene rings is 1. The van der Waals surface area contributed by atoms with Crippen LogP contribution >= 0.6 is 0 Å². The second kappa shape index (κ2) is 4.43. The number of carbonyl (C=O) groups is 1. The molecule has 5 aliphatic rings. The summed E-state index contributed by atoms with van der Waals surface area (Å²) in [4.78, 5) is 15.5. The minimum atomic E-state index is -0.197. The van der Waals surface area contributed by atoms with Crippen LogP contribution in [0.2, 0.25) is 0 Å². The molecule has 1 aromatic rings. The van der Waals surface area contributed by atoms with Crippen LogP contribution in [-0.2, 0) is 16.6 Å². The lowest BCUT2D eigenvalue weighted by Gasteiger charge is -2.57. The van der Waals surface area contributed by atoms with Crippen LogP contribution < -0.4 is 4.74 Å². The second-order valence-electron chi connectivity index (χ2n) is 8.86. The number of carbonyl (C=O) groups excluding carboxylic acids is 1. The summed E-state index contributed by atoms with van der Waals surface area (Å²) in [5, 5.41) is 0. The Kier molecular flexibility index (Phi) is 2.56. The smallest absolute Gasteiger partial charge is 0.174 e. The molecule has 0 radical (unpaired) electrons. The number of ketones is 1. The van der Waals surface area contributed by atoms with Gasteiger partial charge in [0, 0.05) is 30.0 Å². The van der Waals surface area contributed by atoms with Crippen LogP contribution in [-0.4, -0.2) is 35.9 Å². The number of nitrogens with zero attached hydrogens (tertiary/aromatic N) is 1. The zero-order chi connectivity index (χ0) is 16.1. The molecule has 3 nitrogen and oxygen atoms in total. The van der Waals surface area contributed by atoms with Gasteiger partial charge in [0.25, 0.3) is 0 Å². The fourth-order valence-corrected chi connectivity index (χ4v) is 6.41. The van der Waals surface area contributed by atoms with E-state index in [9.17, 15) is 4.79 Å². The first-order chi connectivity index (χ1) is 11.7. The number of piperidine rings is 1. The van der Waals surface area contributed by atoms with Gasteiger partial charge < -0.3 is 4.74 Å². The minimum absolute atomic E-state index is 0.00497. The molecule has 2 saturated carbocycles. The third-order valence-electron chi connectivity index (χ3n) is 7.63. The first-order valence-corrected chi connectivity index (χ1v) is 9.75. The molecule has 3 aliphatic carbocycles. The zero-order valence-corrected chi connectivity index (χ0v) is 14.4. The molecule has 0 unspecified atom stereocenters. The van der Waals surface area contributed by atoms with Crippen molar-refractivity contribution < 1.29 is 9.53 Å². The van der Waals surface area contributed by atoms with Crippen molar-refractivity contribution in [2.75, 3.05) is 13.1 Å². The number of hydrogen-bond donors (Lipinski definition) is 0. The number of Topliss-reactive ketones (excluding diaryl/α,β-unsaturated/α-hetero) is 1. The predicted molar refractivity (Wildman–Crippen MR) is 91.4 cm³/mol. The first-order valence-electron chi connectivity index (χ1n) is 9.75. The predicted octanol–water partition coefficient (Wildman–Crippen LogP) is 3.01. The molecule has 126 valence electrons. The zero-order valence-electron chi connectivity index (χ0n) is 14.4. The molecular formula is C21H25NO2. The highest BCUT2D eigenvalue weighted by molar-refractivity contribution is 5.89. The van der Waals surface area contributed by atoms with Crippen molar-refractivity contribution in [2.24, 2.45) is 11.8 Å². The fraction of sp³-hybridized carbons (Fsp3) is 0.667. The maximum Gasteiger partial charge on any atom is 0.174 e. The SMILES string of the molecule is Cc1ccc2c3c1O[C@H]1C(=O)CC[C@H]4[C@@H](C2)N(CC2CC2)CC[C@]314. The molecule has 4 atom stereocenters. The van der Waals surface area contributed by atoms with E-state index in [-0.39, 0.29) is 11.5 Å². The average Bonchev–Trinajstić information content (AvgIpc) is 3.32. The molecule has 0 aromatic heterocycles. The van der Waals surface area contributed by atoms with E-state index in [2.05, 4.69) is 24.0 Å². The van der Waals surface area contributed by atoms with Crippen molar-refractivity contribution in [1.82, 2.24) is 4.90 Å². The Morgan fingerprint density at radius 2 is 2.17 bits per heavy atom. The molecule has 0 N–H and O–H groups in total. The van der Waals surface area contributed by atoms with Gasteiger partial charge in [-0.2, -0.15) is 0 Å². The normalized spacial score (nSPS) is 39.5. The van der Waals surface area contributed by atoms with Gasteiger partial charge in [0.1, 0.15) is 5.75 Å². The lowest BCUT2D eigenvalue weighted by Crippen LogP contribution is -2.66. The molecule has 2 heterocycles. The largest absolute Gasteiger partial charge is 0.481 e. The molecule has 0 amide bonds.